The molecule has 0 fully saturated rings. The molecule has 1 aromatic heterocycles. The van der Waals surface area contributed by atoms with Gasteiger partial charge in [0.05, 0.1) is 6.26 Å². The molecule has 2 aromatic rings. The highest BCUT2D eigenvalue weighted by molar-refractivity contribution is 7.88. The van der Waals surface area contributed by atoms with Gasteiger partial charge in [0.1, 0.15) is 0 Å². The first kappa shape index (κ1) is 11.6. The Morgan fingerprint density at radius 2 is 2.12 bits per heavy atom. The van der Waals surface area contributed by atoms with E-state index in [9.17, 15) is 8.42 Å². The zero-order valence-corrected chi connectivity index (χ0v) is 10.8. The molecule has 0 spiro atoms. The number of nitrogens with one attached hydrogen (secondary N) is 1. The predicted molar refractivity (Wildman–Crippen MR) is 68.2 cm³/mol. The standard InChI is InChI=1S/C11H13NO2S2/c1-8-7-15-11-4-3-9(5-10(8)11)6-12-16(2,13)14/h3-5,7,12H,6H2,1-2H3. The maximum atomic E-state index is 11.0. The van der Waals surface area contributed by atoms with Crippen LogP contribution in [0.1, 0.15) is 11.1 Å². The van der Waals surface area contributed by atoms with Crippen LogP contribution in [0.2, 0.25) is 0 Å². The molecule has 0 amide bonds. The summed E-state index contributed by atoms with van der Waals surface area (Å²) >= 11 is 1.71. The smallest absolute Gasteiger partial charge is 0.209 e. The van der Waals surface area contributed by atoms with E-state index in [0.29, 0.717) is 6.54 Å². The molecule has 0 saturated heterocycles. The van der Waals surface area contributed by atoms with Crippen molar-refractivity contribution in [3.8, 4) is 0 Å². The lowest BCUT2D eigenvalue weighted by molar-refractivity contribution is 0.587. The van der Waals surface area contributed by atoms with Gasteiger partial charge >= 0.3 is 0 Å². The highest BCUT2D eigenvalue weighted by Gasteiger charge is 2.04. The molecule has 1 N–H and O–H groups in total. The Hall–Kier alpha value is -0.910. The molecule has 2 rings (SSSR count). The predicted octanol–water partition coefficient (Wildman–Crippen LogP) is 2.26. The second kappa shape index (κ2) is 4.16. The molecule has 16 heavy (non-hydrogen) atoms. The molecule has 0 aliphatic rings. The molecule has 0 bridgehead atoms. The molecular weight excluding hydrogens is 242 g/mol. The Bertz CT molecular complexity index is 614. The Morgan fingerprint density at radius 3 is 2.81 bits per heavy atom. The summed E-state index contributed by atoms with van der Waals surface area (Å²) < 4.78 is 25.7. The van der Waals surface area contributed by atoms with Gasteiger partial charge in [-0.05, 0) is 40.9 Å². The number of aryl methyl sites for hydroxylation is 1. The van der Waals surface area contributed by atoms with Crippen molar-refractivity contribution in [1.29, 1.82) is 0 Å². The van der Waals surface area contributed by atoms with Crippen LogP contribution < -0.4 is 4.72 Å². The molecular formula is C11H13NO2S2. The van der Waals surface area contributed by atoms with Crippen molar-refractivity contribution >= 4 is 31.4 Å². The summed E-state index contributed by atoms with van der Waals surface area (Å²) in [5.41, 5.74) is 2.22. The van der Waals surface area contributed by atoms with Crippen molar-refractivity contribution in [2.75, 3.05) is 6.26 Å². The third-order valence-corrected chi connectivity index (χ3v) is 4.12. The summed E-state index contributed by atoms with van der Waals surface area (Å²) in [7, 11) is -3.12. The van der Waals surface area contributed by atoms with Crippen LogP contribution in [-0.2, 0) is 16.6 Å². The van der Waals surface area contributed by atoms with E-state index in [1.54, 1.807) is 11.3 Å². The largest absolute Gasteiger partial charge is 0.213 e. The Morgan fingerprint density at radius 1 is 1.38 bits per heavy atom. The highest BCUT2D eigenvalue weighted by atomic mass is 32.2. The Balaban J connectivity index is 2.29. The summed E-state index contributed by atoms with van der Waals surface area (Å²) in [5.74, 6) is 0. The third-order valence-electron chi connectivity index (χ3n) is 2.37. The van der Waals surface area contributed by atoms with E-state index < -0.39 is 10.0 Å². The van der Waals surface area contributed by atoms with Crippen molar-refractivity contribution in [1.82, 2.24) is 4.72 Å². The van der Waals surface area contributed by atoms with Gasteiger partial charge in [0.25, 0.3) is 0 Å². The number of benzene rings is 1. The van der Waals surface area contributed by atoms with Crippen LogP contribution in [0.3, 0.4) is 0 Å². The van der Waals surface area contributed by atoms with Crippen molar-refractivity contribution in [3.05, 3.63) is 34.7 Å². The molecule has 0 radical (unpaired) electrons. The molecule has 0 unspecified atom stereocenters. The minimum absolute atomic E-state index is 0.351. The fraction of sp³-hybridized carbons (Fsp3) is 0.273. The van der Waals surface area contributed by atoms with E-state index in [1.165, 1.54) is 21.9 Å². The van der Waals surface area contributed by atoms with E-state index in [0.717, 1.165) is 5.56 Å². The minimum Gasteiger partial charge on any atom is -0.213 e. The first-order valence-electron chi connectivity index (χ1n) is 4.87. The third kappa shape index (κ3) is 2.61. The number of hydrogen-bond acceptors (Lipinski definition) is 3. The number of rotatable bonds is 3. The van der Waals surface area contributed by atoms with Gasteiger partial charge in [-0.2, -0.15) is 0 Å². The molecule has 3 nitrogen and oxygen atoms in total. The molecule has 0 aliphatic heterocycles. The molecule has 1 aromatic carbocycles. The zero-order chi connectivity index (χ0) is 11.8. The van der Waals surface area contributed by atoms with Crippen LogP contribution in [0.25, 0.3) is 10.1 Å². The first-order chi connectivity index (χ1) is 7.46. The van der Waals surface area contributed by atoms with Gasteiger partial charge in [-0.15, -0.1) is 11.3 Å². The fourth-order valence-electron chi connectivity index (χ4n) is 1.53. The molecule has 86 valence electrons. The van der Waals surface area contributed by atoms with Crippen LogP contribution in [0.15, 0.2) is 23.6 Å². The van der Waals surface area contributed by atoms with Gasteiger partial charge in [-0.3, -0.25) is 0 Å². The number of thiophene rings is 1. The lowest BCUT2D eigenvalue weighted by atomic mass is 10.1. The SMILES string of the molecule is Cc1csc2ccc(CNS(C)(=O)=O)cc12. The van der Waals surface area contributed by atoms with Crippen LogP contribution in [0, 0.1) is 6.92 Å². The van der Waals surface area contributed by atoms with Crippen molar-refractivity contribution in [2.45, 2.75) is 13.5 Å². The van der Waals surface area contributed by atoms with Crippen LogP contribution in [-0.4, -0.2) is 14.7 Å². The average molecular weight is 255 g/mol. The Kier molecular flexibility index (Phi) is 3.01. The monoisotopic (exact) mass is 255 g/mol. The van der Waals surface area contributed by atoms with Crippen LogP contribution >= 0.6 is 11.3 Å². The summed E-state index contributed by atoms with van der Waals surface area (Å²) in [6.45, 7) is 2.41. The minimum atomic E-state index is -3.12. The van der Waals surface area contributed by atoms with Crippen LogP contribution in [0.5, 0.6) is 0 Å². The van der Waals surface area contributed by atoms with Gasteiger partial charge in [0, 0.05) is 11.2 Å². The topological polar surface area (TPSA) is 46.2 Å². The van der Waals surface area contributed by atoms with Crippen molar-refractivity contribution in [2.24, 2.45) is 0 Å². The van der Waals surface area contributed by atoms with Gasteiger partial charge in [-0.1, -0.05) is 6.07 Å². The number of sulfonamides is 1. The van der Waals surface area contributed by atoms with E-state index in [2.05, 4.69) is 17.0 Å². The molecule has 1 heterocycles. The van der Waals surface area contributed by atoms with Gasteiger partial charge in [0.15, 0.2) is 0 Å². The maximum absolute atomic E-state index is 11.0. The highest BCUT2D eigenvalue weighted by Crippen LogP contribution is 2.26. The van der Waals surface area contributed by atoms with E-state index in [1.807, 2.05) is 18.2 Å². The molecule has 0 atom stereocenters. The van der Waals surface area contributed by atoms with E-state index in [4.69, 9.17) is 0 Å². The molecule has 5 heteroatoms. The van der Waals surface area contributed by atoms with Gasteiger partial charge < -0.3 is 0 Å². The fourth-order valence-corrected chi connectivity index (χ4v) is 2.88. The molecule has 0 saturated carbocycles. The number of fused-ring (bicyclic) bond motifs is 1. The van der Waals surface area contributed by atoms with Crippen molar-refractivity contribution < 1.29 is 8.42 Å². The lowest BCUT2D eigenvalue weighted by Gasteiger charge is -2.03. The van der Waals surface area contributed by atoms with E-state index >= 15 is 0 Å². The average Bonchev–Trinajstić information content (AvgIpc) is 2.56. The summed E-state index contributed by atoms with van der Waals surface area (Å²) in [5, 5.41) is 3.32. The summed E-state index contributed by atoms with van der Waals surface area (Å²) in [4.78, 5) is 0. The first-order valence-corrected chi connectivity index (χ1v) is 7.64. The maximum Gasteiger partial charge on any atom is 0.209 e. The second-order valence-electron chi connectivity index (χ2n) is 3.84. The van der Waals surface area contributed by atoms with E-state index in [-0.39, 0.29) is 0 Å². The molecule has 0 aliphatic carbocycles. The summed E-state index contributed by atoms with van der Waals surface area (Å²) in [6.07, 6.45) is 1.17. The van der Waals surface area contributed by atoms with Gasteiger partial charge in [-0.25, -0.2) is 13.1 Å². The zero-order valence-electron chi connectivity index (χ0n) is 9.15. The van der Waals surface area contributed by atoms with Crippen LogP contribution in [0.4, 0.5) is 0 Å². The Labute approximate surface area is 99.2 Å². The second-order valence-corrected chi connectivity index (χ2v) is 6.59. The van der Waals surface area contributed by atoms with Gasteiger partial charge in [0.2, 0.25) is 10.0 Å². The quantitative estimate of drug-likeness (QED) is 0.914. The number of hydrogen-bond donors (Lipinski definition) is 1. The normalized spacial score (nSPS) is 12.1. The lowest BCUT2D eigenvalue weighted by Crippen LogP contribution is -2.21. The summed E-state index contributed by atoms with van der Waals surface area (Å²) in [6, 6.07) is 6.03. The van der Waals surface area contributed by atoms with Crippen molar-refractivity contribution in [3.63, 3.8) is 0 Å².